The minimum Gasteiger partial charge on any atom is -0.494 e. The van der Waals surface area contributed by atoms with Gasteiger partial charge in [0.1, 0.15) is 5.75 Å². The Labute approximate surface area is 189 Å². The Morgan fingerprint density at radius 3 is 2.31 bits per heavy atom. The van der Waals surface area contributed by atoms with Gasteiger partial charge in [-0.3, -0.25) is 4.79 Å². The number of Topliss-reactive ketones (excluding diaryl/α,β-unsaturated/α-hetero) is 1. The second-order valence-electron chi connectivity index (χ2n) is 8.50. The number of nitrogens with one attached hydrogen (secondary N) is 2. The predicted octanol–water partition coefficient (Wildman–Crippen LogP) is 6.45. The van der Waals surface area contributed by atoms with Gasteiger partial charge in [-0.15, -0.1) is 0 Å². The number of allylic oxidation sites excluding steroid dienone is 1. The molecule has 0 aromatic heterocycles. The van der Waals surface area contributed by atoms with Crippen LogP contribution in [0.1, 0.15) is 49.3 Å². The van der Waals surface area contributed by atoms with Gasteiger partial charge in [0.25, 0.3) is 0 Å². The van der Waals surface area contributed by atoms with Crippen LogP contribution in [0.2, 0.25) is 0 Å². The number of hydrogen-bond acceptors (Lipinski definition) is 4. The van der Waals surface area contributed by atoms with Crippen molar-refractivity contribution in [3.63, 3.8) is 0 Å². The molecular weight excluding hydrogens is 396 g/mol. The van der Waals surface area contributed by atoms with Crippen LogP contribution in [0.5, 0.6) is 5.75 Å². The van der Waals surface area contributed by atoms with Crippen molar-refractivity contribution in [2.45, 2.75) is 38.1 Å². The first kappa shape index (κ1) is 20.4. The molecule has 1 heterocycles. The lowest BCUT2D eigenvalue weighted by atomic mass is 9.78. The number of carbonyl (C=O) groups is 1. The molecule has 3 aromatic carbocycles. The van der Waals surface area contributed by atoms with Gasteiger partial charge in [0.15, 0.2) is 5.78 Å². The third kappa shape index (κ3) is 4.01. The van der Waals surface area contributed by atoms with Crippen molar-refractivity contribution in [2.24, 2.45) is 0 Å². The fourth-order valence-corrected chi connectivity index (χ4v) is 4.68. The third-order valence-electron chi connectivity index (χ3n) is 6.27. The van der Waals surface area contributed by atoms with Crippen LogP contribution in [0.25, 0.3) is 0 Å². The van der Waals surface area contributed by atoms with Gasteiger partial charge in [-0.05, 0) is 54.2 Å². The largest absolute Gasteiger partial charge is 0.494 e. The van der Waals surface area contributed by atoms with Crippen LogP contribution in [0.15, 0.2) is 90.1 Å². The molecule has 0 saturated heterocycles. The van der Waals surface area contributed by atoms with E-state index in [0.717, 1.165) is 46.8 Å². The molecule has 0 spiro atoms. The van der Waals surface area contributed by atoms with E-state index >= 15 is 0 Å². The summed E-state index contributed by atoms with van der Waals surface area (Å²) in [6, 6.07) is 26.5. The van der Waals surface area contributed by atoms with E-state index in [-0.39, 0.29) is 17.7 Å². The Balaban J connectivity index is 1.54. The SMILES string of the molecule is CCCOc1ccc([C@H]2Nc3ccccc3NC3=C2C(=O)C[C@@H](c2ccccc2)C3)cc1. The zero-order valence-corrected chi connectivity index (χ0v) is 18.3. The van der Waals surface area contributed by atoms with E-state index in [2.05, 4.69) is 54.0 Å². The highest BCUT2D eigenvalue weighted by Crippen LogP contribution is 2.44. The van der Waals surface area contributed by atoms with E-state index in [9.17, 15) is 4.79 Å². The molecule has 2 aliphatic rings. The van der Waals surface area contributed by atoms with Crippen LogP contribution in [0.4, 0.5) is 11.4 Å². The molecule has 2 N–H and O–H groups in total. The van der Waals surface area contributed by atoms with Gasteiger partial charge in [0, 0.05) is 17.7 Å². The summed E-state index contributed by atoms with van der Waals surface area (Å²) in [5, 5.41) is 7.24. The summed E-state index contributed by atoms with van der Waals surface area (Å²) in [7, 11) is 0. The average molecular weight is 425 g/mol. The number of ether oxygens (including phenoxy) is 1. The maximum absolute atomic E-state index is 13.5. The first-order valence-corrected chi connectivity index (χ1v) is 11.4. The van der Waals surface area contributed by atoms with Crippen LogP contribution >= 0.6 is 0 Å². The summed E-state index contributed by atoms with van der Waals surface area (Å²) in [6.07, 6.45) is 2.31. The summed E-state index contributed by atoms with van der Waals surface area (Å²) in [5.41, 5.74) is 6.15. The summed E-state index contributed by atoms with van der Waals surface area (Å²) in [5.74, 6) is 1.24. The zero-order valence-electron chi connectivity index (χ0n) is 18.3. The highest BCUT2D eigenvalue weighted by molar-refractivity contribution is 6.01. The van der Waals surface area contributed by atoms with Crippen molar-refractivity contribution in [3.8, 4) is 5.75 Å². The normalized spacial score (nSPS) is 19.8. The van der Waals surface area contributed by atoms with Crippen molar-refractivity contribution >= 4 is 17.2 Å². The summed E-state index contributed by atoms with van der Waals surface area (Å²) in [4.78, 5) is 13.5. The van der Waals surface area contributed by atoms with Crippen LogP contribution < -0.4 is 15.4 Å². The third-order valence-corrected chi connectivity index (χ3v) is 6.27. The molecule has 2 atom stereocenters. The minimum absolute atomic E-state index is 0.186. The van der Waals surface area contributed by atoms with Gasteiger partial charge in [-0.25, -0.2) is 0 Å². The smallest absolute Gasteiger partial charge is 0.163 e. The lowest BCUT2D eigenvalue weighted by Crippen LogP contribution is -2.26. The number of ketones is 1. The number of anilines is 2. The van der Waals surface area contributed by atoms with Gasteiger partial charge in [-0.1, -0.05) is 61.5 Å². The molecule has 32 heavy (non-hydrogen) atoms. The van der Waals surface area contributed by atoms with E-state index in [1.807, 2.05) is 42.5 Å². The molecule has 0 unspecified atom stereocenters. The number of hydrogen-bond donors (Lipinski definition) is 2. The van der Waals surface area contributed by atoms with Crippen LogP contribution in [0.3, 0.4) is 0 Å². The van der Waals surface area contributed by atoms with Gasteiger partial charge >= 0.3 is 0 Å². The van der Waals surface area contributed by atoms with Gasteiger partial charge in [0.05, 0.1) is 24.0 Å². The summed E-state index contributed by atoms with van der Waals surface area (Å²) in [6.45, 7) is 2.80. The second kappa shape index (κ2) is 8.91. The lowest BCUT2D eigenvalue weighted by Gasteiger charge is -2.30. The topological polar surface area (TPSA) is 50.4 Å². The molecule has 1 aliphatic heterocycles. The Bertz CT molecular complexity index is 1140. The summed E-state index contributed by atoms with van der Waals surface area (Å²) < 4.78 is 5.76. The fraction of sp³-hybridized carbons (Fsp3) is 0.250. The van der Waals surface area contributed by atoms with Crippen molar-refractivity contribution in [3.05, 3.63) is 101 Å². The maximum atomic E-state index is 13.5. The number of rotatable bonds is 5. The molecule has 4 nitrogen and oxygen atoms in total. The van der Waals surface area contributed by atoms with Crippen LogP contribution in [-0.2, 0) is 4.79 Å². The Morgan fingerprint density at radius 1 is 0.844 bits per heavy atom. The van der Waals surface area contributed by atoms with Crippen molar-refractivity contribution in [1.82, 2.24) is 0 Å². The second-order valence-corrected chi connectivity index (χ2v) is 8.50. The predicted molar refractivity (Wildman–Crippen MR) is 129 cm³/mol. The molecule has 0 fully saturated rings. The Hall–Kier alpha value is -3.53. The Kier molecular flexibility index (Phi) is 5.68. The molecule has 0 saturated carbocycles. The monoisotopic (exact) mass is 424 g/mol. The highest BCUT2D eigenvalue weighted by Gasteiger charge is 2.35. The number of fused-ring (bicyclic) bond motifs is 1. The molecule has 0 amide bonds. The van der Waals surface area contributed by atoms with E-state index in [1.54, 1.807) is 0 Å². The molecule has 3 aromatic rings. The lowest BCUT2D eigenvalue weighted by molar-refractivity contribution is -0.116. The molecular formula is C28H28N2O2. The van der Waals surface area contributed by atoms with Gasteiger partial charge in [-0.2, -0.15) is 0 Å². The Morgan fingerprint density at radius 2 is 1.56 bits per heavy atom. The quantitative estimate of drug-likeness (QED) is 0.494. The maximum Gasteiger partial charge on any atom is 0.163 e. The van der Waals surface area contributed by atoms with E-state index in [1.165, 1.54) is 5.56 Å². The first-order valence-electron chi connectivity index (χ1n) is 11.4. The standard InChI is InChI=1S/C28H28N2O2/c1-2-16-32-22-14-12-20(13-15-22)28-27-25(29-23-10-6-7-11-24(23)30-28)17-21(18-26(27)31)19-8-4-3-5-9-19/h3-15,21,28-30H,2,16-18H2,1H3/t21-,28+/m0/s1. The molecule has 1 aliphatic carbocycles. The zero-order chi connectivity index (χ0) is 21.9. The molecule has 5 rings (SSSR count). The van der Waals surface area contributed by atoms with E-state index in [0.29, 0.717) is 13.0 Å². The molecule has 4 heteroatoms. The van der Waals surface area contributed by atoms with Crippen LogP contribution in [-0.4, -0.2) is 12.4 Å². The van der Waals surface area contributed by atoms with E-state index < -0.39 is 0 Å². The first-order chi connectivity index (χ1) is 15.7. The molecule has 0 bridgehead atoms. The number of carbonyl (C=O) groups excluding carboxylic acids is 1. The van der Waals surface area contributed by atoms with Crippen molar-refractivity contribution in [1.29, 1.82) is 0 Å². The molecule has 0 radical (unpaired) electrons. The van der Waals surface area contributed by atoms with Crippen LogP contribution in [0, 0.1) is 0 Å². The fourth-order valence-electron chi connectivity index (χ4n) is 4.68. The van der Waals surface area contributed by atoms with Gasteiger partial charge in [0.2, 0.25) is 0 Å². The number of para-hydroxylation sites is 2. The van der Waals surface area contributed by atoms with Crippen molar-refractivity contribution < 1.29 is 9.53 Å². The minimum atomic E-state index is -0.203. The summed E-state index contributed by atoms with van der Waals surface area (Å²) >= 11 is 0. The van der Waals surface area contributed by atoms with Gasteiger partial charge < -0.3 is 15.4 Å². The average Bonchev–Trinajstić information content (AvgIpc) is 3.00. The van der Waals surface area contributed by atoms with Crippen molar-refractivity contribution in [2.75, 3.05) is 17.2 Å². The highest BCUT2D eigenvalue weighted by atomic mass is 16.5. The number of benzene rings is 3. The molecule has 162 valence electrons. The van der Waals surface area contributed by atoms with E-state index in [4.69, 9.17) is 4.74 Å².